The van der Waals surface area contributed by atoms with Gasteiger partial charge in [0, 0.05) is 0 Å². The van der Waals surface area contributed by atoms with E-state index >= 15 is 0 Å². The molecule has 0 saturated heterocycles. The Bertz CT molecular complexity index is 148. The molecule has 0 amide bonds. The SMILES string of the molecule is [K+].[O]=[Nb](=[O])[O-].[O]=[Sb]([OH])([OH])[OH]. The molecule has 0 aromatic heterocycles. The van der Waals surface area contributed by atoms with Crippen molar-refractivity contribution in [3.05, 3.63) is 0 Å². The molecule has 0 unspecified atom stereocenters. The van der Waals surface area contributed by atoms with Crippen LogP contribution in [-0.4, -0.2) is 30.2 Å². The minimum atomic E-state index is -5.35. The zero-order valence-corrected chi connectivity index (χ0v) is 12.7. The topological polar surface area (TPSA) is 135 Å². The molecule has 3 N–H and O–H groups in total. The Labute approximate surface area is 111 Å². The molecule has 10 heteroatoms. The van der Waals surface area contributed by atoms with Crippen molar-refractivity contribution in [1.29, 1.82) is 0 Å². The molecule has 0 rings (SSSR count). The zero-order valence-electron chi connectivity index (χ0n) is 4.87. The molecule has 0 aliphatic heterocycles. The second-order valence-corrected chi connectivity index (χ2v) is 4.77. The van der Waals surface area contributed by atoms with Gasteiger partial charge in [0.1, 0.15) is 0 Å². The van der Waals surface area contributed by atoms with E-state index in [1.807, 2.05) is 0 Å². The molecule has 10 heavy (non-hydrogen) atoms. The van der Waals surface area contributed by atoms with Crippen LogP contribution in [0.5, 0.6) is 0 Å². The Morgan fingerprint density at radius 1 is 1.20 bits per heavy atom. The van der Waals surface area contributed by atoms with Crippen LogP contribution in [0.25, 0.3) is 0 Å². The van der Waals surface area contributed by atoms with Gasteiger partial charge in [-0.2, -0.15) is 0 Å². The van der Waals surface area contributed by atoms with E-state index in [4.69, 9.17) is 23.3 Å². The third kappa shape index (κ3) is 157. The Kier molecular flexibility index (Phi) is 17.4. The van der Waals surface area contributed by atoms with Crippen molar-refractivity contribution >= 4 is 20.1 Å². The summed E-state index contributed by atoms with van der Waals surface area (Å²) < 4.78 is 56.6. The van der Waals surface area contributed by atoms with Gasteiger partial charge in [-0.1, -0.05) is 0 Å². The van der Waals surface area contributed by atoms with Gasteiger partial charge in [-0.25, -0.2) is 0 Å². The van der Waals surface area contributed by atoms with Crippen LogP contribution in [-0.2, 0) is 28.3 Å². The first kappa shape index (κ1) is 18.3. The Morgan fingerprint density at radius 3 is 1.20 bits per heavy atom. The van der Waals surface area contributed by atoms with Gasteiger partial charge in [0.25, 0.3) is 0 Å². The fourth-order valence-corrected chi connectivity index (χ4v) is 0. The van der Waals surface area contributed by atoms with Gasteiger partial charge in [0.05, 0.1) is 0 Å². The van der Waals surface area contributed by atoms with Crippen LogP contribution in [0.4, 0.5) is 0 Å². The minimum absolute atomic E-state index is 0. The van der Waals surface area contributed by atoms with Gasteiger partial charge in [0.15, 0.2) is 0 Å². The summed E-state index contributed by atoms with van der Waals surface area (Å²) in [5, 5.41) is 0. The van der Waals surface area contributed by atoms with Crippen molar-refractivity contribution in [2.24, 2.45) is 0 Å². The molecule has 0 spiro atoms. The van der Waals surface area contributed by atoms with E-state index in [9.17, 15) is 0 Å². The molecular weight excluding hydrogens is 366 g/mol. The summed E-state index contributed by atoms with van der Waals surface area (Å²) in [4.78, 5) is 0. The van der Waals surface area contributed by atoms with E-state index in [-0.39, 0.29) is 51.4 Å². The van der Waals surface area contributed by atoms with Crippen molar-refractivity contribution in [2.75, 3.05) is 0 Å². The van der Waals surface area contributed by atoms with Gasteiger partial charge >= 0.3 is 114 Å². The Morgan fingerprint density at radius 2 is 1.20 bits per heavy atom. The Balaban J connectivity index is -0.0000000910. The molecule has 7 nitrogen and oxygen atoms in total. The Hall–Kier alpha value is 2.43. The number of hydrogen-bond acceptors (Lipinski definition) is 4. The molecule has 56 valence electrons. The molecule has 0 aliphatic rings. The summed E-state index contributed by atoms with van der Waals surface area (Å²) >= 11 is -9.55. The van der Waals surface area contributed by atoms with Crippen LogP contribution in [0.2, 0.25) is 0 Å². The second kappa shape index (κ2) is 9.52. The van der Waals surface area contributed by atoms with Gasteiger partial charge in [0.2, 0.25) is 0 Å². The van der Waals surface area contributed by atoms with Crippen LogP contribution in [0, 0.1) is 0 Å². The van der Waals surface area contributed by atoms with Gasteiger partial charge in [-0.15, -0.1) is 0 Å². The first-order valence-corrected chi connectivity index (χ1v) is 8.49. The van der Waals surface area contributed by atoms with E-state index in [0.29, 0.717) is 0 Å². The van der Waals surface area contributed by atoms with Crippen molar-refractivity contribution in [3.63, 3.8) is 0 Å². The molecule has 0 fully saturated rings. The maximum atomic E-state index is 8.97. The average molecular weight is 369 g/mol. The van der Waals surface area contributed by atoms with E-state index in [0.717, 1.165) is 0 Å². The van der Waals surface area contributed by atoms with E-state index in [1.54, 1.807) is 0 Å². The van der Waals surface area contributed by atoms with Crippen LogP contribution < -0.4 is 55.0 Å². The molecule has 0 heterocycles. The van der Waals surface area contributed by atoms with Crippen molar-refractivity contribution in [3.8, 4) is 0 Å². The van der Waals surface area contributed by atoms with Crippen LogP contribution >= 0.6 is 0 Å². The molecule has 0 saturated carbocycles. The maximum absolute atomic E-state index is 8.97. The normalized spacial score (nSPS) is 8.40. The van der Waals surface area contributed by atoms with Crippen molar-refractivity contribution in [2.45, 2.75) is 0 Å². The molecular formula is H3KNbO7Sb. The molecule has 0 aliphatic carbocycles. The first-order chi connectivity index (χ1) is 3.73. The number of hydrogen-bond donors (Lipinski definition) is 3. The third-order valence-electron chi connectivity index (χ3n) is 0. The predicted octanol–water partition coefficient (Wildman–Crippen LogP) is -6.60. The molecule has 0 aromatic rings. The molecule has 0 radical (unpaired) electrons. The molecule has 0 atom stereocenters. The second-order valence-electron chi connectivity index (χ2n) is 0.737. The van der Waals surface area contributed by atoms with E-state index in [1.165, 1.54) is 0 Å². The summed E-state index contributed by atoms with van der Waals surface area (Å²) in [6.45, 7) is 0. The third-order valence-corrected chi connectivity index (χ3v) is 0. The standard InChI is InChI=1S/K.Nb.3H2O.4O.Sb/h;;3*1H2;;;;;/q+1;;;;;;;;-1;+3/p-3. The fourth-order valence-electron chi connectivity index (χ4n) is 0. The van der Waals surface area contributed by atoms with Crippen LogP contribution in [0.3, 0.4) is 0 Å². The van der Waals surface area contributed by atoms with Crippen molar-refractivity contribution < 1.29 is 93.5 Å². The van der Waals surface area contributed by atoms with E-state index in [2.05, 4.69) is 0 Å². The summed E-state index contributed by atoms with van der Waals surface area (Å²) in [5.41, 5.74) is 0. The first-order valence-electron chi connectivity index (χ1n) is 1.33. The van der Waals surface area contributed by atoms with Gasteiger partial charge in [-0.05, 0) is 0 Å². The zero-order chi connectivity index (χ0) is 8.08. The predicted molar refractivity (Wildman–Crippen MR) is 14.5 cm³/mol. The van der Waals surface area contributed by atoms with Crippen LogP contribution in [0.1, 0.15) is 0 Å². The van der Waals surface area contributed by atoms with Gasteiger partial charge in [-0.3, -0.25) is 0 Å². The molecule has 0 bridgehead atoms. The van der Waals surface area contributed by atoms with Crippen molar-refractivity contribution in [1.82, 2.24) is 0 Å². The fraction of sp³-hybridized carbons (Fsp3) is 0. The van der Waals surface area contributed by atoms with Crippen LogP contribution in [0.15, 0.2) is 0 Å². The summed E-state index contributed by atoms with van der Waals surface area (Å²) in [6, 6.07) is 0. The van der Waals surface area contributed by atoms with Gasteiger partial charge < -0.3 is 0 Å². The summed E-state index contributed by atoms with van der Waals surface area (Å²) in [7, 11) is 0. The quantitative estimate of drug-likeness (QED) is 0.362. The average Bonchev–Trinajstić information content (AvgIpc) is 1.19. The molecule has 0 aromatic carbocycles. The summed E-state index contributed by atoms with van der Waals surface area (Å²) in [6.07, 6.45) is 0. The summed E-state index contributed by atoms with van der Waals surface area (Å²) in [5.74, 6) is 0. The van der Waals surface area contributed by atoms with E-state index < -0.39 is 38.8 Å². The number of rotatable bonds is 0. The monoisotopic (exact) mass is 368 g/mol.